The molecule has 7 heteroatoms. The molecule has 27 heavy (non-hydrogen) atoms. The number of amides is 3. The van der Waals surface area contributed by atoms with Gasteiger partial charge in [-0.05, 0) is 46.5 Å². The zero-order chi connectivity index (χ0) is 19.9. The first-order chi connectivity index (χ1) is 12.7. The minimum absolute atomic E-state index is 0.0804. The van der Waals surface area contributed by atoms with E-state index in [1.807, 2.05) is 4.90 Å². The lowest BCUT2D eigenvalue weighted by Gasteiger charge is -2.35. The second kappa shape index (κ2) is 9.95. The van der Waals surface area contributed by atoms with Gasteiger partial charge in [-0.1, -0.05) is 19.3 Å². The first-order valence-electron chi connectivity index (χ1n) is 10.3. The number of piperidine rings is 1. The molecule has 0 aromatic carbocycles. The molecule has 3 amide bonds. The molecule has 0 aromatic heterocycles. The zero-order valence-electron chi connectivity index (χ0n) is 17.0. The maximum absolute atomic E-state index is 12.6. The summed E-state index contributed by atoms with van der Waals surface area (Å²) in [5, 5.41) is 5.60. The second-order valence-electron chi connectivity index (χ2n) is 8.68. The summed E-state index contributed by atoms with van der Waals surface area (Å²) < 4.78 is 5.13. The molecule has 2 N–H and O–H groups in total. The molecule has 0 radical (unpaired) electrons. The van der Waals surface area contributed by atoms with Crippen molar-refractivity contribution in [3.05, 3.63) is 0 Å². The van der Waals surface area contributed by atoms with Crippen molar-refractivity contribution in [2.75, 3.05) is 19.6 Å². The summed E-state index contributed by atoms with van der Waals surface area (Å²) >= 11 is 0. The summed E-state index contributed by atoms with van der Waals surface area (Å²) in [7, 11) is 0. The number of nitrogens with zero attached hydrogens (tertiary/aromatic N) is 1. The monoisotopic (exact) mass is 381 g/mol. The maximum atomic E-state index is 12.6. The number of alkyl carbamates (subject to hydrolysis) is 1. The van der Waals surface area contributed by atoms with Crippen LogP contribution in [0.5, 0.6) is 0 Å². The van der Waals surface area contributed by atoms with Crippen molar-refractivity contribution in [1.82, 2.24) is 15.5 Å². The summed E-state index contributed by atoms with van der Waals surface area (Å²) in [5.74, 6) is 0.438. The third kappa shape index (κ3) is 7.77. The van der Waals surface area contributed by atoms with E-state index >= 15 is 0 Å². The van der Waals surface area contributed by atoms with Crippen LogP contribution < -0.4 is 10.6 Å². The minimum atomic E-state index is -0.546. The van der Waals surface area contributed by atoms with Gasteiger partial charge in [0.05, 0.1) is 0 Å². The molecule has 0 bridgehead atoms. The SMILES string of the molecule is CC(C)(C)OC(=O)NCCC(=O)NC1CCN(C(=O)C2CCCCC2)CC1. The number of carbonyl (C=O) groups is 3. The smallest absolute Gasteiger partial charge is 0.407 e. The van der Waals surface area contributed by atoms with E-state index in [1.54, 1.807) is 20.8 Å². The van der Waals surface area contributed by atoms with Gasteiger partial charge in [0, 0.05) is 38.0 Å². The average molecular weight is 382 g/mol. The summed E-state index contributed by atoms with van der Waals surface area (Å²) in [6, 6.07) is 0.106. The third-order valence-electron chi connectivity index (χ3n) is 5.15. The Hall–Kier alpha value is -1.79. The Morgan fingerprint density at radius 3 is 2.22 bits per heavy atom. The molecular formula is C20H35N3O4. The van der Waals surface area contributed by atoms with Gasteiger partial charge in [0.1, 0.15) is 5.60 Å². The summed E-state index contributed by atoms with van der Waals surface area (Å²) in [4.78, 5) is 38.2. The van der Waals surface area contributed by atoms with Crippen LogP contribution >= 0.6 is 0 Å². The molecule has 0 unspecified atom stereocenters. The first-order valence-corrected chi connectivity index (χ1v) is 10.3. The van der Waals surface area contributed by atoms with Crippen molar-refractivity contribution in [3.63, 3.8) is 0 Å². The molecule has 2 fully saturated rings. The molecule has 0 aromatic rings. The van der Waals surface area contributed by atoms with Crippen molar-refractivity contribution in [2.45, 2.75) is 83.8 Å². The van der Waals surface area contributed by atoms with Gasteiger partial charge in [-0.15, -0.1) is 0 Å². The molecule has 1 aliphatic heterocycles. The second-order valence-corrected chi connectivity index (χ2v) is 8.68. The Kier molecular flexibility index (Phi) is 7.92. The van der Waals surface area contributed by atoms with Crippen molar-refractivity contribution in [3.8, 4) is 0 Å². The van der Waals surface area contributed by atoms with Crippen LogP contribution in [-0.2, 0) is 14.3 Å². The van der Waals surface area contributed by atoms with Gasteiger partial charge >= 0.3 is 6.09 Å². The van der Waals surface area contributed by atoms with Crippen LogP contribution in [0.4, 0.5) is 4.79 Å². The highest BCUT2D eigenvalue weighted by Gasteiger charge is 2.29. The van der Waals surface area contributed by atoms with Crippen LogP contribution in [-0.4, -0.2) is 54.1 Å². The van der Waals surface area contributed by atoms with Crippen molar-refractivity contribution in [1.29, 1.82) is 0 Å². The van der Waals surface area contributed by atoms with Crippen LogP contribution in [0.1, 0.15) is 72.1 Å². The third-order valence-corrected chi connectivity index (χ3v) is 5.15. The largest absolute Gasteiger partial charge is 0.444 e. The molecule has 1 saturated carbocycles. The van der Waals surface area contributed by atoms with Gasteiger partial charge in [0.25, 0.3) is 0 Å². The summed E-state index contributed by atoms with van der Waals surface area (Å²) in [6.07, 6.45) is 6.94. The van der Waals surface area contributed by atoms with Crippen LogP contribution in [0.2, 0.25) is 0 Å². The summed E-state index contributed by atoms with van der Waals surface area (Å²) in [5.41, 5.74) is -0.546. The lowest BCUT2D eigenvalue weighted by Crippen LogP contribution is -2.48. The molecule has 0 atom stereocenters. The molecule has 2 aliphatic rings. The lowest BCUT2D eigenvalue weighted by molar-refractivity contribution is -0.137. The molecule has 7 nitrogen and oxygen atoms in total. The van der Waals surface area contributed by atoms with E-state index in [2.05, 4.69) is 10.6 Å². The zero-order valence-corrected chi connectivity index (χ0v) is 17.0. The number of carbonyl (C=O) groups excluding carboxylic acids is 3. The van der Waals surface area contributed by atoms with Gasteiger partial charge in [0.15, 0.2) is 0 Å². The maximum Gasteiger partial charge on any atom is 0.407 e. The minimum Gasteiger partial charge on any atom is -0.444 e. The van der Waals surface area contributed by atoms with Gasteiger partial charge < -0.3 is 20.3 Å². The van der Waals surface area contributed by atoms with E-state index in [-0.39, 0.29) is 30.8 Å². The molecule has 1 aliphatic carbocycles. The Morgan fingerprint density at radius 2 is 1.63 bits per heavy atom. The van der Waals surface area contributed by atoms with Crippen LogP contribution in [0.3, 0.4) is 0 Å². The van der Waals surface area contributed by atoms with Gasteiger partial charge in [-0.3, -0.25) is 9.59 Å². The highest BCUT2D eigenvalue weighted by Crippen LogP contribution is 2.26. The Balaban J connectivity index is 1.61. The standard InChI is InChI=1S/C20H35N3O4/c1-20(2,3)27-19(26)21-12-9-17(24)22-16-10-13-23(14-11-16)18(25)15-7-5-4-6-8-15/h15-16H,4-14H2,1-3H3,(H,21,26)(H,22,24). The highest BCUT2D eigenvalue weighted by atomic mass is 16.6. The predicted octanol–water partition coefficient (Wildman–Crippen LogP) is 2.59. The van der Waals surface area contributed by atoms with E-state index in [4.69, 9.17) is 4.74 Å². The number of hydrogen-bond acceptors (Lipinski definition) is 4. The first kappa shape index (κ1) is 21.5. The van der Waals surface area contributed by atoms with E-state index in [0.717, 1.165) is 38.8 Å². The van der Waals surface area contributed by atoms with Gasteiger partial charge in [-0.25, -0.2) is 4.79 Å². The average Bonchev–Trinajstić information content (AvgIpc) is 2.61. The fraction of sp³-hybridized carbons (Fsp3) is 0.850. The fourth-order valence-electron chi connectivity index (χ4n) is 3.74. The fourth-order valence-corrected chi connectivity index (χ4v) is 3.74. The predicted molar refractivity (Wildman–Crippen MR) is 103 cm³/mol. The quantitative estimate of drug-likeness (QED) is 0.766. The number of nitrogens with one attached hydrogen (secondary N) is 2. The number of likely N-dealkylation sites (tertiary alicyclic amines) is 1. The van der Waals surface area contributed by atoms with Crippen molar-refractivity contribution < 1.29 is 19.1 Å². The normalized spacial score (nSPS) is 19.4. The number of rotatable bonds is 5. The molecule has 0 spiro atoms. The Bertz CT molecular complexity index is 516. The van der Waals surface area contributed by atoms with E-state index in [0.29, 0.717) is 5.91 Å². The van der Waals surface area contributed by atoms with Crippen molar-refractivity contribution in [2.24, 2.45) is 5.92 Å². The Labute approximate surface area is 162 Å². The molecule has 1 saturated heterocycles. The molecule has 2 rings (SSSR count). The highest BCUT2D eigenvalue weighted by molar-refractivity contribution is 5.79. The molecule has 154 valence electrons. The summed E-state index contributed by atoms with van der Waals surface area (Å²) in [6.45, 7) is 7.08. The van der Waals surface area contributed by atoms with Crippen molar-refractivity contribution >= 4 is 17.9 Å². The lowest BCUT2D eigenvalue weighted by atomic mass is 9.87. The topological polar surface area (TPSA) is 87.7 Å². The van der Waals surface area contributed by atoms with Crippen LogP contribution in [0.25, 0.3) is 0 Å². The number of ether oxygens (including phenoxy) is 1. The van der Waals surface area contributed by atoms with Crippen LogP contribution in [0, 0.1) is 5.92 Å². The molecule has 1 heterocycles. The Morgan fingerprint density at radius 1 is 1.00 bits per heavy atom. The van der Waals surface area contributed by atoms with E-state index in [1.165, 1.54) is 19.3 Å². The van der Waals surface area contributed by atoms with Gasteiger partial charge in [-0.2, -0.15) is 0 Å². The van der Waals surface area contributed by atoms with Gasteiger partial charge in [0.2, 0.25) is 11.8 Å². The van der Waals surface area contributed by atoms with E-state index in [9.17, 15) is 14.4 Å². The molecular weight excluding hydrogens is 346 g/mol. The van der Waals surface area contributed by atoms with Crippen LogP contribution in [0.15, 0.2) is 0 Å². The number of hydrogen-bond donors (Lipinski definition) is 2. The van der Waals surface area contributed by atoms with E-state index < -0.39 is 11.7 Å².